The lowest BCUT2D eigenvalue weighted by atomic mass is 10.1. The lowest BCUT2D eigenvalue weighted by Crippen LogP contribution is -2.34. The molecular weight excluding hydrogens is 170 g/mol. The fourth-order valence-electron chi connectivity index (χ4n) is 1.58. The number of carbonyl (C=O) groups is 2. The van der Waals surface area contributed by atoms with E-state index in [4.69, 9.17) is 0 Å². The summed E-state index contributed by atoms with van der Waals surface area (Å²) in [5.41, 5.74) is 0. The van der Waals surface area contributed by atoms with Crippen molar-refractivity contribution in [3.8, 4) is 0 Å². The smallest absolute Gasteiger partial charge is 0.409 e. The van der Waals surface area contributed by atoms with Gasteiger partial charge in [-0.1, -0.05) is 6.42 Å². The number of aldehydes is 1. The van der Waals surface area contributed by atoms with Crippen LogP contribution in [0.2, 0.25) is 0 Å². The van der Waals surface area contributed by atoms with Crippen LogP contribution >= 0.6 is 0 Å². The van der Waals surface area contributed by atoms with E-state index in [2.05, 4.69) is 4.74 Å². The molecule has 1 amide bonds. The molecule has 0 bridgehead atoms. The van der Waals surface area contributed by atoms with E-state index in [1.807, 2.05) is 0 Å². The van der Waals surface area contributed by atoms with Gasteiger partial charge in [-0.3, -0.25) is 0 Å². The Hall–Kier alpha value is -1.06. The molecular formula is C9H15NO3. The molecule has 1 fully saturated rings. The van der Waals surface area contributed by atoms with E-state index in [0.717, 1.165) is 25.5 Å². The number of ether oxygens (including phenoxy) is 1. The number of hydrogen-bond acceptors (Lipinski definition) is 3. The van der Waals surface area contributed by atoms with Crippen molar-refractivity contribution in [3.63, 3.8) is 0 Å². The van der Waals surface area contributed by atoms with Crippen LogP contribution < -0.4 is 0 Å². The zero-order valence-electron chi connectivity index (χ0n) is 7.86. The van der Waals surface area contributed by atoms with Gasteiger partial charge in [0.1, 0.15) is 6.29 Å². The molecule has 0 N–H and O–H groups in total. The van der Waals surface area contributed by atoms with Crippen LogP contribution in [0.15, 0.2) is 0 Å². The average Bonchev–Trinajstić information content (AvgIpc) is 2.41. The van der Waals surface area contributed by atoms with Crippen molar-refractivity contribution >= 4 is 12.4 Å². The van der Waals surface area contributed by atoms with Gasteiger partial charge in [0, 0.05) is 19.0 Å². The van der Waals surface area contributed by atoms with Crippen molar-refractivity contribution in [1.29, 1.82) is 0 Å². The Labute approximate surface area is 77.8 Å². The molecule has 1 atom stereocenters. The molecule has 1 aliphatic heterocycles. The molecule has 4 nitrogen and oxygen atoms in total. The maximum absolute atomic E-state index is 11.2. The van der Waals surface area contributed by atoms with Crippen LogP contribution in [-0.4, -0.2) is 37.5 Å². The Morgan fingerprint density at radius 2 is 2.31 bits per heavy atom. The third-order valence-corrected chi connectivity index (χ3v) is 2.33. The van der Waals surface area contributed by atoms with Gasteiger partial charge in [-0.15, -0.1) is 0 Å². The van der Waals surface area contributed by atoms with Crippen LogP contribution in [0.25, 0.3) is 0 Å². The summed E-state index contributed by atoms with van der Waals surface area (Å²) < 4.78 is 4.61. The summed E-state index contributed by atoms with van der Waals surface area (Å²) >= 11 is 0. The molecule has 0 aliphatic carbocycles. The van der Waals surface area contributed by atoms with E-state index in [1.54, 1.807) is 4.90 Å². The van der Waals surface area contributed by atoms with Crippen molar-refractivity contribution in [2.24, 2.45) is 5.92 Å². The Bertz CT molecular complexity index is 193. The SMILES string of the molecule is COC(=O)N1CCCCC(C=O)C1. The van der Waals surface area contributed by atoms with Crippen molar-refractivity contribution in [3.05, 3.63) is 0 Å². The van der Waals surface area contributed by atoms with Gasteiger partial charge >= 0.3 is 6.09 Å². The molecule has 1 heterocycles. The summed E-state index contributed by atoms with van der Waals surface area (Å²) in [7, 11) is 1.36. The molecule has 1 rings (SSSR count). The van der Waals surface area contributed by atoms with Crippen LogP contribution in [0, 0.1) is 5.92 Å². The highest BCUT2D eigenvalue weighted by Gasteiger charge is 2.21. The number of hydrogen-bond donors (Lipinski definition) is 0. The van der Waals surface area contributed by atoms with Crippen LogP contribution in [0.5, 0.6) is 0 Å². The van der Waals surface area contributed by atoms with E-state index >= 15 is 0 Å². The highest BCUT2D eigenvalue weighted by Crippen LogP contribution is 2.14. The molecule has 0 saturated carbocycles. The van der Waals surface area contributed by atoms with Crippen molar-refractivity contribution in [2.45, 2.75) is 19.3 Å². The van der Waals surface area contributed by atoms with E-state index in [0.29, 0.717) is 13.1 Å². The third kappa shape index (κ3) is 2.72. The maximum Gasteiger partial charge on any atom is 0.409 e. The van der Waals surface area contributed by atoms with Gasteiger partial charge in [0.2, 0.25) is 0 Å². The second-order valence-corrected chi connectivity index (χ2v) is 3.31. The summed E-state index contributed by atoms with van der Waals surface area (Å²) in [6.07, 6.45) is 3.46. The number of rotatable bonds is 1. The van der Waals surface area contributed by atoms with Gasteiger partial charge in [-0.2, -0.15) is 0 Å². The van der Waals surface area contributed by atoms with Gasteiger partial charge in [0.25, 0.3) is 0 Å². The van der Waals surface area contributed by atoms with Gasteiger partial charge in [0.15, 0.2) is 0 Å². The number of methoxy groups -OCH3 is 1. The van der Waals surface area contributed by atoms with Gasteiger partial charge in [0.05, 0.1) is 7.11 Å². The Kier molecular flexibility index (Phi) is 3.73. The molecule has 13 heavy (non-hydrogen) atoms. The zero-order valence-corrected chi connectivity index (χ0v) is 7.86. The Morgan fingerprint density at radius 3 is 2.92 bits per heavy atom. The molecule has 1 unspecified atom stereocenters. The lowest BCUT2D eigenvalue weighted by molar-refractivity contribution is -0.111. The zero-order chi connectivity index (χ0) is 9.68. The third-order valence-electron chi connectivity index (χ3n) is 2.33. The predicted molar refractivity (Wildman–Crippen MR) is 47.4 cm³/mol. The molecule has 4 heteroatoms. The summed E-state index contributed by atoms with van der Waals surface area (Å²) in [5.74, 6) is -0.0124. The van der Waals surface area contributed by atoms with E-state index in [1.165, 1.54) is 7.11 Å². The number of nitrogens with zero attached hydrogens (tertiary/aromatic N) is 1. The topological polar surface area (TPSA) is 46.6 Å². The van der Waals surface area contributed by atoms with Crippen molar-refractivity contribution in [1.82, 2.24) is 4.90 Å². The molecule has 0 radical (unpaired) electrons. The molecule has 1 saturated heterocycles. The van der Waals surface area contributed by atoms with Crippen LogP contribution in [-0.2, 0) is 9.53 Å². The van der Waals surface area contributed by atoms with E-state index in [-0.39, 0.29) is 12.0 Å². The maximum atomic E-state index is 11.2. The quantitative estimate of drug-likeness (QED) is 0.574. The number of carbonyl (C=O) groups excluding carboxylic acids is 2. The highest BCUT2D eigenvalue weighted by atomic mass is 16.5. The van der Waals surface area contributed by atoms with Crippen LogP contribution in [0.1, 0.15) is 19.3 Å². The fourth-order valence-corrected chi connectivity index (χ4v) is 1.58. The Balaban J connectivity index is 2.53. The second-order valence-electron chi connectivity index (χ2n) is 3.31. The molecule has 0 aromatic carbocycles. The Morgan fingerprint density at radius 1 is 1.54 bits per heavy atom. The predicted octanol–water partition coefficient (Wildman–Crippen LogP) is 1.05. The first-order valence-corrected chi connectivity index (χ1v) is 4.56. The molecule has 0 aromatic heterocycles. The average molecular weight is 185 g/mol. The summed E-state index contributed by atoms with van der Waals surface area (Å²) in [6, 6.07) is 0. The normalized spacial score (nSPS) is 23.5. The van der Waals surface area contributed by atoms with Crippen LogP contribution in [0.3, 0.4) is 0 Å². The second kappa shape index (κ2) is 4.84. The minimum absolute atomic E-state index is 0.0124. The van der Waals surface area contributed by atoms with E-state index in [9.17, 15) is 9.59 Å². The molecule has 74 valence electrons. The number of amides is 1. The van der Waals surface area contributed by atoms with Crippen LogP contribution in [0.4, 0.5) is 4.79 Å². The summed E-state index contributed by atoms with van der Waals surface area (Å²) in [6.45, 7) is 1.22. The standard InChI is InChI=1S/C9H15NO3/c1-13-9(12)10-5-3-2-4-8(6-10)7-11/h7-8H,2-6H2,1H3. The largest absolute Gasteiger partial charge is 0.453 e. The monoisotopic (exact) mass is 185 g/mol. The van der Waals surface area contributed by atoms with Gasteiger partial charge in [-0.05, 0) is 12.8 Å². The van der Waals surface area contributed by atoms with Crippen molar-refractivity contribution < 1.29 is 14.3 Å². The number of likely N-dealkylation sites (tertiary alicyclic amines) is 1. The first kappa shape index (κ1) is 10.0. The molecule has 0 aromatic rings. The summed E-state index contributed by atoms with van der Waals surface area (Å²) in [4.78, 5) is 23.4. The first-order valence-electron chi connectivity index (χ1n) is 4.56. The lowest BCUT2D eigenvalue weighted by Gasteiger charge is -2.20. The van der Waals surface area contributed by atoms with E-state index < -0.39 is 0 Å². The van der Waals surface area contributed by atoms with Gasteiger partial charge < -0.3 is 14.4 Å². The molecule has 1 aliphatic rings. The highest BCUT2D eigenvalue weighted by molar-refractivity contribution is 5.68. The minimum atomic E-state index is -0.325. The summed E-state index contributed by atoms with van der Waals surface area (Å²) in [5, 5.41) is 0. The minimum Gasteiger partial charge on any atom is -0.453 e. The molecule has 0 spiro atoms. The fraction of sp³-hybridized carbons (Fsp3) is 0.778. The van der Waals surface area contributed by atoms with Gasteiger partial charge in [-0.25, -0.2) is 4.79 Å². The first-order chi connectivity index (χ1) is 6.27. The van der Waals surface area contributed by atoms with Crippen molar-refractivity contribution in [2.75, 3.05) is 20.2 Å².